The van der Waals surface area contributed by atoms with Gasteiger partial charge in [0.15, 0.2) is 11.5 Å². The second kappa shape index (κ2) is 10.2. The number of carbonyl (C=O) groups is 1. The molecular formula is C22H24N4O4. The summed E-state index contributed by atoms with van der Waals surface area (Å²) < 4.78 is 11.1. The minimum absolute atomic E-state index is 0.0965. The van der Waals surface area contributed by atoms with Crippen LogP contribution in [0.3, 0.4) is 0 Å². The van der Waals surface area contributed by atoms with Crippen LogP contribution < -0.4 is 20.5 Å². The van der Waals surface area contributed by atoms with Crippen molar-refractivity contribution in [3.63, 3.8) is 0 Å². The number of hydrazone groups is 1. The smallest absolute Gasteiger partial charge is 0.270 e. The molecule has 0 aliphatic carbocycles. The molecule has 0 fully saturated rings. The molecule has 3 rings (SSSR count). The fourth-order valence-electron chi connectivity index (χ4n) is 2.85. The van der Waals surface area contributed by atoms with Crippen LogP contribution in [-0.4, -0.2) is 35.3 Å². The summed E-state index contributed by atoms with van der Waals surface area (Å²) in [7, 11) is 0. The van der Waals surface area contributed by atoms with Gasteiger partial charge in [-0.05, 0) is 49.7 Å². The van der Waals surface area contributed by atoms with Gasteiger partial charge >= 0.3 is 0 Å². The van der Waals surface area contributed by atoms with Crippen molar-refractivity contribution in [1.82, 2.24) is 15.4 Å². The van der Waals surface area contributed by atoms with Gasteiger partial charge < -0.3 is 14.5 Å². The van der Waals surface area contributed by atoms with Gasteiger partial charge in [0.1, 0.15) is 5.69 Å². The van der Waals surface area contributed by atoms with Crippen LogP contribution in [0, 0.1) is 0 Å². The predicted molar refractivity (Wildman–Crippen MR) is 115 cm³/mol. The average Bonchev–Trinajstić information content (AvgIpc) is 2.74. The van der Waals surface area contributed by atoms with Crippen LogP contribution in [0.4, 0.5) is 0 Å². The zero-order valence-corrected chi connectivity index (χ0v) is 17.0. The second-order valence-electron chi connectivity index (χ2n) is 6.40. The van der Waals surface area contributed by atoms with E-state index in [9.17, 15) is 9.59 Å². The molecular weight excluding hydrogens is 384 g/mol. The molecule has 0 saturated carbocycles. The second-order valence-corrected chi connectivity index (χ2v) is 6.40. The quantitative estimate of drug-likeness (QED) is 0.418. The lowest BCUT2D eigenvalue weighted by Gasteiger charge is -2.11. The summed E-state index contributed by atoms with van der Waals surface area (Å²) in [4.78, 5) is 31.3. The van der Waals surface area contributed by atoms with Gasteiger partial charge in [-0.3, -0.25) is 9.59 Å². The van der Waals surface area contributed by atoms with Gasteiger partial charge in [0.25, 0.3) is 5.56 Å². The largest absolute Gasteiger partial charge is 0.490 e. The van der Waals surface area contributed by atoms with Crippen molar-refractivity contribution in [2.24, 2.45) is 5.10 Å². The van der Waals surface area contributed by atoms with Crippen LogP contribution in [0.5, 0.6) is 11.5 Å². The van der Waals surface area contributed by atoms with Gasteiger partial charge in [-0.1, -0.05) is 12.1 Å². The molecule has 0 radical (unpaired) electrons. The summed E-state index contributed by atoms with van der Waals surface area (Å²) >= 11 is 0. The maximum atomic E-state index is 12.1. The van der Waals surface area contributed by atoms with Crippen molar-refractivity contribution >= 4 is 23.2 Å². The summed E-state index contributed by atoms with van der Waals surface area (Å²) in [6.45, 7) is 4.85. The van der Waals surface area contributed by atoms with E-state index in [-0.39, 0.29) is 24.3 Å². The summed E-state index contributed by atoms with van der Waals surface area (Å²) in [6.07, 6.45) is 1.84. The van der Waals surface area contributed by atoms with E-state index in [4.69, 9.17) is 9.47 Å². The molecule has 30 heavy (non-hydrogen) atoms. The number of nitrogens with zero attached hydrogens (tertiary/aromatic N) is 2. The molecule has 0 aliphatic rings. The number of hydrogen-bond donors (Lipinski definition) is 2. The summed E-state index contributed by atoms with van der Waals surface area (Å²) in [5.41, 5.74) is 4.61. The van der Waals surface area contributed by atoms with Crippen molar-refractivity contribution in [2.45, 2.75) is 26.7 Å². The molecule has 1 heterocycles. The van der Waals surface area contributed by atoms with Crippen LogP contribution in [0.25, 0.3) is 11.0 Å². The lowest BCUT2D eigenvalue weighted by Crippen LogP contribution is -2.21. The molecule has 0 aliphatic heterocycles. The predicted octanol–water partition coefficient (Wildman–Crippen LogP) is 2.80. The normalized spacial score (nSPS) is 11.0. The number of aromatic amines is 1. The Morgan fingerprint density at radius 2 is 1.90 bits per heavy atom. The number of hydrogen-bond acceptors (Lipinski definition) is 6. The SMILES string of the molecule is CCOc1ccc(/C=N/NC(=O)CCc2nc3ccccc3[nH]c2=O)cc1OCC. The first-order chi connectivity index (χ1) is 14.6. The molecule has 0 spiro atoms. The van der Waals surface area contributed by atoms with Crippen molar-refractivity contribution in [3.05, 3.63) is 64.1 Å². The van der Waals surface area contributed by atoms with Crippen molar-refractivity contribution in [3.8, 4) is 11.5 Å². The Morgan fingerprint density at radius 1 is 1.13 bits per heavy atom. The Hall–Kier alpha value is -3.68. The number of H-pyrrole nitrogens is 1. The van der Waals surface area contributed by atoms with Crippen LogP contribution >= 0.6 is 0 Å². The molecule has 156 valence electrons. The molecule has 2 aromatic carbocycles. The minimum atomic E-state index is -0.309. The lowest BCUT2D eigenvalue weighted by molar-refractivity contribution is -0.121. The molecule has 2 N–H and O–H groups in total. The zero-order chi connectivity index (χ0) is 21.3. The summed E-state index contributed by atoms with van der Waals surface area (Å²) in [5, 5.41) is 3.98. The number of aryl methyl sites for hydroxylation is 1. The highest BCUT2D eigenvalue weighted by Gasteiger charge is 2.08. The Labute approximate surface area is 173 Å². The number of fused-ring (bicyclic) bond motifs is 1. The first-order valence-electron chi connectivity index (χ1n) is 9.80. The maximum Gasteiger partial charge on any atom is 0.270 e. The van der Waals surface area contributed by atoms with Gasteiger partial charge in [0.05, 0.1) is 30.5 Å². The number of nitrogens with one attached hydrogen (secondary N) is 2. The Bertz CT molecular complexity index is 1110. The average molecular weight is 408 g/mol. The van der Waals surface area contributed by atoms with Crippen molar-refractivity contribution in [1.29, 1.82) is 0 Å². The van der Waals surface area contributed by atoms with Crippen LogP contribution in [0.2, 0.25) is 0 Å². The third kappa shape index (κ3) is 5.44. The number of carbonyl (C=O) groups excluding carboxylic acids is 1. The van der Waals surface area contributed by atoms with Gasteiger partial charge in [0.2, 0.25) is 5.91 Å². The van der Waals surface area contributed by atoms with E-state index in [1.165, 1.54) is 6.21 Å². The fraction of sp³-hybridized carbons (Fsp3) is 0.273. The Morgan fingerprint density at radius 3 is 2.70 bits per heavy atom. The van der Waals surface area contributed by atoms with Gasteiger partial charge in [-0.2, -0.15) is 5.10 Å². The first-order valence-corrected chi connectivity index (χ1v) is 9.80. The van der Waals surface area contributed by atoms with Crippen molar-refractivity contribution < 1.29 is 14.3 Å². The van der Waals surface area contributed by atoms with Crippen LogP contribution in [-0.2, 0) is 11.2 Å². The molecule has 0 atom stereocenters. The van der Waals surface area contributed by atoms with Gasteiger partial charge in [-0.15, -0.1) is 0 Å². The van der Waals surface area contributed by atoms with Crippen LogP contribution in [0.15, 0.2) is 52.4 Å². The fourth-order valence-corrected chi connectivity index (χ4v) is 2.85. The summed E-state index contributed by atoms with van der Waals surface area (Å²) in [6, 6.07) is 12.7. The van der Waals surface area contributed by atoms with E-state index in [1.807, 2.05) is 38.1 Å². The Kier molecular flexibility index (Phi) is 7.15. The highest BCUT2D eigenvalue weighted by molar-refractivity contribution is 5.83. The molecule has 0 bridgehead atoms. The minimum Gasteiger partial charge on any atom is -0.490 e. The van der Waals surface area contributed by atoms with E-state index in [0.29, 0.717) is 41.4 Å². The monoisotopic (exact) mass is 408 g/mol. The summed E-state index contributed by atoms with van der Waals surface area (Å²) in [5.74, 6) is 0.974. The maximum absolute atomic E-state index is 12.1. The number of benzene rings is 2. The van der Waals surface area contributed by atoms with Gasteiger partial charge in [-0.25, -0.2) is 10.4 Å². The van der Waals surface area contributed by atoms with Crippen molar-refractivity contribution in [2.75, 3.05) is 13.2 Å². The third-order valence-corrected chi connectivity index (χ3v) is 4.23. The molecule has 0 unspecified atom stereocenters. The topological polar surface area (TPSA) is 106 Å². The highest BCUT2D eigenvalue weighted by Crippen LogP contribution is 2.27. The molecule has 8 heteroatoms. The van der Waals surface area contributed by atoms with E-state index in [2.05, 4.69) is 20.5 Å². The number of para-hydroxylation sites is 2. The van der Waals surface area contributed by atoms with E-state index in [1.54, 1.807) is 18.2 Å². The molecule has 1 amide bonds. The first kappa shape index (κ1) is 21.0. The molecule has 3 aromatic rings. The molecule has 1 aromatic heterocycles. The zero-order valence-electron chi connectivity index (χ0n) is 17.0. The number of ether oxygens (including phenoxy) is 2. The van der Waals surface area contributed by atoms with Crippen LogP contribution in [0.1, 0.15) is 31.5 Å². The van der Waals surface area contributed by atoms with E-state index >= 15 is 0 Å². The lowest BCUT2D eigenvalue weighted by atomic mass is 10.2. The van der Waals surface area contributed by atoms with E-state index in [0.717, 1.165) is 5.56 Å². The third-order valence-electron chi connectivity index (χ3n) is 4.23. The van der Waals surface area contributed by atoms with E-state index < -0.39 is 0 Å². The standard InChI is InChI=1S/C22H24N4O4/c1-3-29-19-11-9-15(13-20(19)30-4-2)14-23-26-21(27)12-10-18-22(28)25-17-8-6-5-7-16(17)24-18/h5-9,11,13-14H,3-4,10,12H2,1-2H3,(H,25,28)(H,26,27)/b23-14+. The number of amides is 1. The van der Waals surface area contributed by atoms with Gasteiger partial charge in [0, 0.05) is 12.8 Å². The molecule has 8 nitrogen and oxygen atoms in total. The highest BCUT2D eigenvalue weighted by atomic mass is 16.5. The number of rotatable bonds is 9. The molecule has 0 saturated heterocycles. The number of aromatic nitrogens is 2. The Balaban J connectivity index is 1.58.